The molecule has 0 radical (unpaired) electrons. The number of carbonyl (C=O) groups excluding carboxylic acids is 1. The standard InChI is InChI=1S/C21H21NO4/c1-15(2)26-19-10-9-17(12-20(19)24-3)11-18(13-22)21(23)25-14-16-7-5-4-6-8-16/h4-12,15H,14H2,1-3H3/b18-11-. The van der Waals surface area contributed by atoms with Gasteiger partial charge in [0, 0.05) is 0 Å². The van der Waals surface area contributed by atoms with E-state index in [1.165, 1.54) is 13.2 Å². The van der Waals surface area contributed by atoms with E-state index in [1.807, 2.05) is 50.2 Å². The Balaban J connectivity index is 2.14. The smallest absolute Gasteiger partial charge is 0.349 e. The molecule has 0 saturated heterocycles. The first-order chi connectivity index (χ1) is 12.5. The molecule has 0 aliphatic heterocycles. The van der Waals surface area contributed by atoms with Crippen molar-refractivity contribution in [1.29, 1.82) is 5.26 Å². The predicted molar refractivity (Wildman–Crippen MR) is 98.6 cm³/mol. The Hall–Kier alpha value is -3.26. The van der Waals surface area contributed by atoms with Crippen molar-refractivity contribution in [2.45, 2.75) is 26.6 Å². The molecule has 134 valence electrons. The van der Waals surface area contributed by atoms with Crippen molar-refractivity contribution in [2.75, 3.05) is 7.11 Å². The summed E-state index contributed by atoms with van der Waals surface area (Å²) in [6.45, 7) is 3.96. The van der Waals surface area contributed by atoms with Crippen LogP contribution in [0.5, 0.6) is 11.5 Å². The van der Waals surface area contributed by atoms with Crippen LogP contribution in [0.1, 0.15) is 25.0 Å². The summed E-state index contributed by atoms with van der Waals surface area (Å²) in [5, 5.41) is 9.28. The molecular weight excluding hydrogens is 330 g/mol. The SMILES string of the molecule is COc1cc(/C=C(/C#N)C(=O)OCc2ccccc2)ccc1OC(C)C. The fourth-order valence-corrected chi connectivity index (χ4v) is 2.23. The Kier molecular flexibility index (Phi) is 6.81. The number of esters is 1. The van der Waals surface area contributed by atoms with Crippen molar-refractivity contribution >= 4 is 12.0 Å². The van der Waals surface area contributed by atoms with E-state index in [0.29, 0.717) is 17.1 Å². The highest BCUT2D eigenvalue weighted by molar-refractivity contribution is 5.97. The van der Waals surface area contributed by atoms with Crippen molar-refractivity contribution in [1.82, 2.24) is 0 Å². The zero-order valence-electron chi connectivity index (χ0n) is 15.1. The zero-order valence-corrected chi connectivity index (χ0v) is 15.1. The molecule has 5 heteroatoms. The van der Waals surface area contributed by atoms with Crippen LogP contribution in [0.25, 0.3) is 6.08 Å². The highest BCUT2D eigenvalue weighted by Gasteiger charge is 2.13. The van der Waals surface area contributed by atoms with Crippen LogP contribution in [0.2, 0.25) is 0 Å². The summed E-state index contributed by atoms with van der Waals surface area (Å²) in [6.07, 6.45) is 1.47. The Morgan fingerprint density at radius 1 is 1.15 bits per heavy atom. The van der Waals surface area contributed by atoms with E-state index >= 15 is 0 Å². The van der Waals surface area contributed by atoms with Crippen LogP contribution in [-0.2, 0) is 16.1 Å². The van der Waals surface area contributed by atoms with Crippen molar-refractivity contribution in [3.63, 3.8) is 0 Å². The lowest BCUT2D eigenvalue weighted by Gasteiger charge is -2.13. The Labute approximate surface area is 153 Å². The fraction of sp³-hybridized carbons (Fsp3) is 0.238. The van der Waals surface area contributed by atoms with Gasteiger partial charge >= 0.3 is 5.97 Å². The van der Waals surface area contributed by atoms with Gasteiger partial charge in [-0.1, -0.05) is 36.4 Å². The lowest BCUT2D eigenvalue weighted by atomic mass is 10.1. The van der Waals surface area contributed by atoms with Crippen LogP contribution in [0.3, 0.4) is 0 Å². The third-order valence-electron chi connectivity index (χ3n) is 3.41. The Morgan fingerprint density at radius 3 is 2.50 bits per heavy atom. The summed E-state index contributed by atoms with van der Waals surface area (Å²) < 4.78 is 16.2. The number of hydrogen-bond acceptors (Lipinski definition) is 5. The third-order valence-corrected chi connectivity index (χ3v) is 3.41. The van der Waals surface area contributed by atoms with Gasteiger partial charge in [0.1, 0.15) is 18.2 Å². The van der Waals surface area contributed by atoms with Crippen LogP contribution >= 0.6 is 0 Å². The molecule has 0 fully saturated rings. The summed E-state index contributed by atoms with van der Waals surface area (Å²) in [5.74, 6) is 0.463. The number of nitrogens with zero attached hydrogens (tertiary/aromatic N) is 1. The average Bonchev–Trinajstić information content (AvgIpc) is 2.65. The number of nitriles is 1. The molecule has 26 heavy (non-hydrogen) atoms. The van der Waals surface area contributed by atoms with Crippen LogP contribution in [0.4, 0.5) is 0 Å². The first kappa shape index (κ1) is 19.1. The van der Waals surface area contributed by atoms with Crippen molar-refractivity contribution in [3.8, 4) is 17.6 Å². The molecule has 2 rings (SSSR count). The molecule has 2 aromatic rings. The monoisotopic (exact) mass is 351 g/mol. The van der Waals surface area contributed by atoms with E-state index in [1.54, 1.807) is 18.2 Å². The molecule has 0 heterocycles. The largest absolute Gasteiger partial charge is 0.493 e. The minimum absolute atomic E-state index is 0.00734. The molecule has 2 aromatic carbocycles. The molecule has 0 amide bonds. The van der Waals surface area contributed by atoms with Gasteiger partial charge in [0.25, 0.3) is 0 Å². The van der Waals surface area contributed by atoms with E-state index in [2.05, 4.69) is 0 Å². The second-order valence-corrected chi connectivity index (χ2v) is 5.81. The molecule has 0 unspecified atom stereocenters. The van der Waals surface area contributed by atoms with Gasteiger partial charge in [-0.25, -0.2) is 4.79 Å². The normalized spacial score (nSPS) is 11.0. The van der Waals surface area contributed by atoms with E-state index in [9.17, 15) is 10.1 Å². The van der Waals surface area contributed by atoms with Gasteiger partial charge in [-0.3, -0.25) is 0 Å². The molecule has 0 aliphatic carbocycles. The third kappa shape index (κ3) is 5.38. The summed E-state index contributed by atoms with van der Waals surface area (Å²) in [7, 11) is 1.54. The summed E-state index contributed by atoms with van der Waals surface area (Å²) in [5.41, 5.74) is 1.42. The maximum Gasteiger partial charge on any atom is 0.349 e. The van der Waals surface area contributed by atoms with Crippen LogP contribution < -0.4 is 9.47 Å². The number of benzene rings is 2. The average molecular weight is 351 g/mol. The highest BCUT2D eigenvalue weighted by Crippen LogP contribution is 2.29. The zero-order chi connectivity index (χ0) is 18.9. The van der Waals surface area contributed by atoms with E-state index in [0.717, 1.165) is 5.56 Å². The number of rotatable bonds is 7. The van der Waals surface area contributed by atoms with Gasteiger partial charge in [0.2, 0.25) is 0 Å². The predicted octanol–water partition coefficient (Wildman–Crippen LogP) is 4.13. The van der Waals surface area contributed by atoms with Crippen molar-refractivity contribution in [3.05, 3.63) is 65.2 Å². The van der Waals surface area contributed by atoms with E-state index < -0.39 is 5.97 Å². The molecule has 0 aliphatic rings. The summed E-state index contributed by atoms with van der Waals surface area (Å²) in [6, 6.07) is 16.4. The topological polar surface area (TPSA) is 68.5 Å². The van der Waals surface area contributed by atoms with Gasteiger partial charge in [0.15, 0.2) is 11.5 Å². The van der Waals surface area contributed by atoms with Crippen LogP contribution in [-0.4, -0.2) is 19.2 Å². The molecule has 0 spiro atoms. The minimum atomic E-state index is -0.669. The second-order valence-electron chi connectivity index (χ2n) is 5.81. The lowest BCUT2D eigenvalue weighted by molar-refractivity contribution is -0.139. The maximum atomic E-state index is 12.1. The van der Waals surface area contributed by atoms with E-state index in [-0.39, 0.29) is 18.3 Å². The number of hydrogen-bond donors (Lipinski definition) is 0. The van der Waals surface area contributed by atoms with Crippen LogP contribution in [0.15, 0.2) is 54.1 Å². The van der Waals surface area contributed by atoms with Crippen molar-refractivity contribution in [2.24, 2.45) is 0 Å². The van der Waals surface area contributed by atoms with Gasteiger partial charge in [-0.05, 0) is 43.2 Å². The molecule has 0 bridgehead atoms. The van der Waals surface area contributed by atoms with Gasteiger partial charge in [-0.15, -0.1) is 0 Å². The first-order valence-electron chi connectivity index (χ1n) is 8.21. The first-order valence-corrected chi connectivity index (χ1v) is 8.21. The second kappa shape index (κ2) is 9.28. The summed E-state index contributed by atoms with van der Waals surface area (Å²) >= 11 is 0. The van der Waals surface area contributed by atoms with E-state index in [4.69, 9.17) is 14.2 Å². The number of ether oxygens (including phenoxy) is 3. The molecular formula is C21H21NO4. The van der Waals surface area contributed by atoms with Crippen LogP contribution in [0, 0.1) is 11.3 Å². The Bertz CT molecular complexity index is 820. The summed E-state index contributed by atoms with van der Waals surface area (Å²) in [4.78, 5) is 12.1. The lowest BCUT2D eigenvalue weighted by Crippen LogP contribution is -2.07. The van der Waals surface area contributed by atoms with Gasteiger partial charge in [-0.2, -0.15) is 5.26 Å². The molecule has 0 saturated carbocycles. The number of methoxy groups -OCH3 is 1. The molecule has 0 N–H and O–H groups in total. The Morgan fingerprint density at radius 2 is 1.88 bits per heavy atom. The van der Waals surface area contributed by atoms with Gasteiger partial charge in [0.05, 0.1) is 13.2 Å². The molecule has 0 atom stereocenters. The maximum absolute atomic E-state index is 12.1. The van der Waals surface area contributed by atoms with Gasteiger partial charge < -0.3 is 14.2 Å². The molecule has 0 aromatic heterocycles. The molecule has 5 nitrogen and oxygen atoms in total. The van der Waals surface area contributed by atoms with Crippen molar-refractivity contribution < 1.29 is 19.0 Å². The minimum Gasteiger partial charge on any atom is -0.493 e. The quantitative estimate of drug-likeness (QED) is 0.426. The number of carbonyl (C=O) groups is 1. The highest BCUT2D eigenvalue weighted by atomic mass is 16.5. The fourth-order valence-electron chi connectivity index (χ4n) is 2.23.